The number of methoxy groups -OCH3 is 1. The number of carbonyl (C=O) groups excluding carboxylic acids is 1. The van der Waals surface area contributed by atoms with Gasteiger partial charge >= 0.3 is 0 Å². The van der Waals surface area contributed by atoms with Gasteiger partial charge in [-0.25, -0.2) is 0 Å². The van der Waals surface area contributed by atoms with Crippen molar-refractivity contribution in [3.63, 3.8) is 0 Å². The molecule has 1 rings (SSSR count). The number of rotatable bonds is 4. The predicted molar refractivity (Wildman–Crippen MR) is 71.7 cm³/mol. The minimum atomic E-state index is -0.345. The normalized spacial score (nSPS) is 11.1. The summed E-state index contributed by atoms with van der Waals surface area (Å²) in [6.45, 7) is 5.68. The fraction of sp³-hybridized carbons (Fsp3) is 0.462. The van der Waals surface area contributed by atoms with Gasteiger partial charge < -0.3 is 20.5 Å². The monoisotopic (exact) mass is 252 g/mol. The molecule has 18 heavy (non-hydrogen) atoms. The van der Waals surface area contributed by atoms with Crippen molar-refractivity contribution < 1.29 is 14.3 Å². The summed E-state index contributed by atoms with van der Waals surface area (Å²) in [5, 5.41) is 2.72. The summed E-state index contributed by atoms with van der Waals surface area (Å²) in [5.41, 5.74) is 6.44. The molecule has 0 saturated heterocycles. The Kier molecular flexibility index (Phi) is 4.55. The molecule has 0 heterocycles. The first-order valence-electron chi connectivity index (χ1n) is 5.69. The fourth-order valence-electron chi connectivity index (χ4n) is 1.28. The number of hydrogen-bond donors (Lipinski definition) is 2. The van der Waals surface area contributed by atoms with Crippen LogP contribution >= 0.6 is 0 Å². The number of nitrogen functional groups attached to an aromatic ring is 1. The summed E-state index contributed by atoms with van der Waals surface area (Å²) < 4.78 is 10.5. The minimum absolute atomic E-state index is 0.00295. The van der Waals surface area contributed by atoms with Gasteiger partial charge in [-0.15, -0.1) is 0 Å². The zero-order valence-corrected chi connectivity index (χ0v) is 11.2. The van der Waals surface area contributed by atoms with Crippen molar-refractivity contribution in [2.45, 2.75) is 26.4 Å². The smallest absolute Gasteiger partial charge is 0.250 e. The second kappa shape index (κ2) is 5.73. The molecule has 1 amide bonds. The first kappa shape index (κ1) is 14.3. The molecule has 0 aliphatic heterocycles. The first-order chi connectivity index (χ1) is 8.31. The summed E-state index contributed by atoms with van der Waals surface area (Å²) in [4.78, 5) is 11.7. The molecule has 1 aromatic carbocycles. The van der Waals surface area contributed by atoms with Gasteiger partial charge in [0.2, 0.25) is 5.91 Å². The van der Waals surface area contributed by atoms with Gasteiger partial charge in [-0.3, -0.25) is 4.79 Å². The van der Waals surface area contributed by atoms with E-state index in [9.17, 15) is 4.79 Å². The van der Waals surface area contributed by atoms with Crippen LogP contribution in [0.15, 0.2) is 18.2 Å². The van der Waals surface area contributed by atoms with Gasteiger partial charge in [0.15, 0.2) is 0 Å². The van der Waals surface area contributed by atoms with E-state index in [1.54, 1.807) is 18.2 Å². The number of nitrogens with two attached hydrogens (primary N) is 1. The van der Waals surface area contributed by atoms with Crippen LogP contribution < -0.4 is 15.8 Å². The second-order valence-electron chi connectivity index (χ2n) is 4.91. The molecule has 100 valence electrons. The highest BCUT2D eigenvalue weighted by Gasteiger charge is 2.14. The van der Waals surface area contributed by atoms with Crippen molar-refractivity contribution in [3.8, 4) is 5.75 Å². The third-order valence-corrected chi connectivity index (χ3v) is 2.14. The van der Waals surface area contributed by atoms with Gasteiger partial charge in [-0.05, 0) is 32.9 Å². The molecule has 3 N–H and O–H groups in total. The van der Waals surface area contributed by atoms with E-state index in [0.29, 0.717) is 17.1 Å². The first-order valence-corrected chi connectivity index (χ1v) is 5.69. The number of ether oxygens (including phenoxy) is 2. The fourth-order valence-corrected chi connectivity index (χ4v) is 1.28. The van der Waals surface area contributed by atoms with Crippen molar-refractivity contribution in [1.29, 1.82) is 0 Å². The lowest BCUT2D eigenvalue weighted by Crippen LogP contribution is -2.27. The maximum Gasteiger partial charge on any atom is 0.250 e. The second-order valence-corrected chi connectivity index (χ2v) is 4.91. The Hall–Kier alpha value is -1.75. The summed E-state index contributed by atoms with van der Waals surface area (Å²) in [7, 11) is 1.52. The maximum absolute atomic E-state index is 11.7. The van der Waals surface area contributed by atoms with E-state index in [1.807, 2.05) is 20.8 Å². The molecule has 0 atom stereocenters. The average Bonchev–Trinajstić information content (AvgIpc) is 2.28. The minimum Gasteiger partial charge on any atom is -0.494 e. The van der Waals surface area contributed by atoms with Crippen LogP contribution in [0.5, 0.6) is 5.75 Å². The van der Waals surface area contributed by atoms with Gasteiger partial charge in [0.1, 0.15) is 12.4 Å². The van der Waals surface area contributed by atoms with Crippen LogP contribution in [0.25, 0.3) is 0 Å². The van der Waals surface area contributed by atoms with Crippen LogP contribution in [0.3, 0.4) is 0 Å². The van der Waals surface area contributed by atoms with Crippen molar-refractivity contribution in [2.24, 2.45) is 0 Å². The molecular formula is C13H20N2O3. The van der Waals surface area contributed by atoms with E-state index in [0.717, 1.165) is 0 Å². The van der Waals surface area contributed by atoms with Crippen LogP contribution in [0.2, 0.25) is 0 Å². The highest BCUT2D eigenvalue weighted by Crippen LogP contribution is 2.26. The Labute approximate surface area is 107 Å². The van der Waals surface area contributed by atoms with Crippen molar-refractivity contribution >= 4 is 17.3 Å². The molecule has 5 heteroatoms. The molecule has 1 aromatic rings. The lowest BCUT2D eigenvalue weighted by molar-refractivity contribution is -0.125. The Bertz CT molecular complexity index is 425. The van der Waals surface area contributed by atoms with Crippen LogP contribution in [0.4, 0.5) is 11.4 Å². The number of benzene rings is 1. The molecule has 0 saturated carbocycles. The molecule has 0 radical (unpaired) electrons. The number of nitrogens with one attached hydrogen (secondary N) is 1. The maximum atomic E-state index is 11.7. The summed E-state index contributed by atoms with van der Waals surface area (Å²) in [6, 6.07) is 5.05. The molecule has 0 bridgehead atoms. The zero-order valence-electron chi connectivity index (χ0n) is 11.2. The highest BCUT2D eigenvalue weighted by atomic mass is 16.5. The summed E-state index contributed by atoms with van der Waals surface area (Å²) >= 11 is 0. The zero-order chi connectivity index (χ0) is 13.8. The summed E-state index contributed by atoms with van der Waals surface area (Å²) in [5.74, 6) is 0.298. The summed E-state index contributed by atoms with van der Waals surface area (Å²) in [6.07, 6.45) is 0. The van der Waals surface area contributed by atoms with Crippen molar-refractivity contribution in [3.05, 3.63) is 18.2 Å². The molecule has 0 fully saturated rings. The number of amides is 1. The van der Waals surface area contributed by atoms with Crippen LogP contribution in [-0.2, 0) is 9.53 Å². The van der Waals surface area contributed by atoms with Crippen LogP contribution in [-0.4, -0.2) is 25.2 Å². The van der Waals surface area contributed by atoms with E-state index in [1.165, 1.54) is 7.11 Å². The Morgan fingerprint density at radius 3 is 2.61 bits per heavy atom. The van der Waals surface area contributed by atoms with E-state index in [-0.39, 0.29) is 18.1 Å². The highest BCUT2D eigenvalue weighted by molar-refractivity contribution is 5.93. The van der Waals surface area contributed by atoms with Gasteiger partial charge in [0, 0.05) is 11.8 Å². The van der Waals surface area contributed by atoms with Crippen molar-refractivity contribution in [2.75, 3.05) is 24.8 Å². The predicted octanol–water partition coefficient (Wildman–Crippen LogP) is 2.03. The largest absolute Gasteiger partial charge is 0.494 e. The third kappa shape index (κ3) is 4.63. The molecule has 0 aromatic heterocycles. The Balaban J connectivity index is 2.64. The van der Waals surface area contributed by atoms with Gasteiger partial charge in [0.05, 0.1) is 18.4 Å². The van der Waals surface area contributed by atoms with E-state index in [2.05, 4.69) is 5.32 Å². The standard InChI is InChI=1S/C13H20N2O3/c1-13(2,3)18-8-12(16)15-10-6-5-9(14)7-11(10)17-4/h5-7H,8,14H2,1-4H3,(H,15,16). The van der Waals surface area contributed by atoms with E-state index >= 15 is 0 Å². The van der Waals surface area contributed by atoms with Gasteiger partial charge in [-0.2, -0.15) is 0 Å². The molecule has 0 unspecified atom stereocenters. The number of anilines is 2. The molecular weight excluding hydrogens is 232 g/mol. The van der Waals surface area contributed by atoms with Crippen LogP contribution in [0.1, 0.15) is 20.8 Å². The molecule has 5 nitrogen and oxygen atoms in total. The van der Waals surface area contributed by atoms with Crippen LogP contribution in [0, 0.1) is 0 Å². The van der Waals surface area contributed by atoms with E-state index < -0.39 is 0 Å². The van der Waals surface area contributed by atoms with E-state index in [4.69, 9.17) is 15.2 Å². The van der Waals surface area contributed by atoms with Gasteiger partial charge in [-0.1, -0.05) is 0 Å². The quantitative estimate of drug-likeness (QED) is 0.804. The SMILES string of the molecule is COc1cc(N)ccc1NC(=O)COC(C)(C)C. The topological polar surface area (TPSA) is 73.6 Å². The number of hydrogen-bond acceptors (Lipinski definition) is 4. The Morgan fingerprint density at radius 1 is 1.39 bits per heavy atom. The number of carbonyl (C=O) groups is 1. The third-order valence-electron chi connectivity index (χ3n) is 2.14. The lowest BCUT2D eigenvalue weighted by atomic mass is 10.2. The average molecular weight is 252 g/mol. The van der Waals surface area contributed by atoms with Gasteiger partial charge in [0.25, 0.3) is 0 Å². The Morgan fingerprint density at radius 2 is 2.06 bits per heavy atom. The molecule has 0 aliphatic rings. The molecule has 0 aliphatic carbocycles. The molecule has 0 spiro atoms. The lowest BCUT2D eigenvalue weighted by Gasteiger charge is -2.19. The van der Waals surface area contributed by atoms with Crippen molar-refractivity contribution in [1.82, 2.24) is 0 Å².